The van der Waals surface area contributed by atoms with Gasteiger partial charge in [0.25, 0.3) is 0 Å². The van der Waals surface area contributed by atoms with Crippen LogP contribution in [0.2, 0.25) is 0 Å². The van der Waals surface area contributed by atoms with E-state index in [1.807, 2.05) is 6.92 Å². The average Bonchev–Trinajstić information content (AvgIpc) is 3.16. The number of ether oxygens (including phenoxy) is 1. The molecule has 162 valence electrons. The van der Waals surface area contributed by atoms with Crippen LogP contribution in [0, 0.1) is 17.8 Å². The highest BCUT2D eigenvalue weighted by Crippen LogP contribution is 2.45. The van der Waals surface area contributed by atoms with Crippen molar-refractivity contribution in [3.63, 3.8) is 0 Å². The molecule has 1 heterocycles. The summed E-state index contributed by atoms with van der Waals surface area (Å²) in [6.45, 7) is 1.84. The van der Waals surface area contributed by atoms with Crippen molar-refractivity contribution in [3.8, 4) is 0 Å². The monoisotopic (exact) mass is 406 g/mol. The maximum Gasteiger partial charge on any atom is 0.394 e. The molecule has 1 saturated heterocycles. The van der Waals surface area contributed by atoms with Crippen LogP contribution in [0.25, 0.3) is 0 Å². The molecule has 1 saturated carbocycles. The van der Waals surface area contributed by atoms with Crippen LogP contribution < -0.4 is 0 Å². The Balaban J connectivity index is 1.84. The van der Waals surface area contributed by atoms with Gasteiger partial charge in [-0.1, -0.05) is 38.3 Å². The van der Waals surface area contributed by atoms with Crippen LogP contribution in [0.5, 0.6) is 0 Å². The maximum absolute atomic E-state index is 13.2. The lowest BCUT2D eigenvalue weighted by Gasteiger charge is -2.24. The average molecular weight is 406 g/mol. The summed E-state index contributed by atoms with van der Waals surface area (Å²) in [5, 5.41) is 18.8. The van der Waals surface area contributed by atoms with Crippen molar-refractivity contribution in [1.82, 2.24) is 0 Å². The molecule has 0 radical (unpaired) electrons. The zero-order chi connectivity index (χ0) is 20.7. The van der Waals surface area contributed by atoms with E-state index in [0.29, 0.717) is 19.3 Å². The topological polar surface area (TPSA) is 66.8 Å². The summed E-state index contributed by atoms with van der Waals surface area (Å²) in [5.74, 6) is -2.07. The van der Waals surface area contributed by atoms with Crippen molar-refractivity contribution in [2.45, 2.75) is 95.6 Å². The Bertz CT molecular complexity index is 520. The second-order valence-electron chi connectivity index (χ2n) is 8.24. The lowest BCUT2D eigenvalue weighted by Crippen LogP contribution is -2.33. The minimum absolute atomic E-state index is 0.0518. The van der Waals surface area contributed by atoms with E-state index < -0.39 is 24.2 Å². The molecular weight excluding hydrogens is 373 g/mol. The minimum atomic E-state index is -4.39. The van der Waals surface area contributed by atoms with Gasteiger partial charge in [-0.2, -0.15) is 13.2 Å². The number of carboxylic acids is 1. The molecule has 2 aliphatic rings. The van der Waals surface area contributed by atoms with Crippen LogP contribution in [0.4, 0.5) is 13.2 Å². The fourth-order valence-electron chi connectivity index (χ4n) is 4.58. The minimum Gasteiger partial charge on any atom is -0.481 e. The number of carboxylic acid groups (broad SMARTS) is 1. The van der Waals surface area contributed by atoms with Crippen molar-refractivity contribution >= 4 is 5.97 Å². The molecule has 0 unspecified atom stereocenters. The number of aliphatic hydroxyl groups excluding tert-OH is 1. The van der Waals surface area contributed by atoms with E-state index in [4.69, 9.17) is 9.84 Å². The molecule has 0 aromatic heterocycles. The second-order valence-corrected chi connectivity index (χ2v) is 8.24. The lowest BCUT2D eigenvalue weighted by molar-refractivity contribution is -0.195. The standard InChI is InChI=1S/C21H33F3O4/c1-2-3-7-17(21(22,23)24)18(25)11-9-14-10-12-19-16(14)13-15(28-19)6-4-5-8-20(26)27/h9,11,14-19,25H,2-8,10,12-13H2,1H3,(H,26,27)/t14-,15-,16+,17+,18+,19-/m0/s1. The molecule has 0 amide bonds. The first kappa shape index (κ1) is 23.2. The number of allylic oxidation sites excluding steroid dienone is 1. The van der Waals surface area contributed by atoms with Crippen LogP contribution in [-0.2, 0) is 9.53 Å². The Kier molecular flexibility index (Phi) is 8.81. The maximum atomic E-state index is 13.2. The number of aliphatic carboxylic acids is 1. The number of rotatable bonds is 11. The molecule has 0 bridgehead atoms. The molecule has 1 aliphatic carbocycles. The van der Waals surface area contributed by atoms with Gasteiger partial charge in [0, 0.05) is 6.42 Å². The van der Waals surface area contributed by atoms with E-state index in [2.05, 4.69) is 0 Å². The van der Waals surface area contributed by atoms with Gasteiger partial charge < -0.3 is 14.9 Å². The van der Waals surface area contributed by atoms with E-state index in [0.717, 1.165) is 32.1 Å². The summed E-state index contributed by atoms with van der Waals surface area (Å²) in [6.07, 6.45) is 3.59. The van der Waals surface area contributed by atoms with Crippen molar-refractivity contribution in [2.24, 2.45) is 17.8 Å². The molecule has 0 aromatic carbocycles. The molecule has 2 rings (SSSR count). The van der Waals surface area contributed by atoms with Gasteiger partial charge in [0.15, 0.2) is 0 Å². The number of hydrogen-bond acceptors (Lipinski definition) is 3. The molecule has 28 heavy (non-hydrogen) atoms. The molecule has 4 nitrogen and oxygen atoms in total. The number of aliphatic hydroxyl groups is 1. The summed E-state index contributed by atoms with van der Waals surface area (Å²) >= 11 is 0. The van der Waals surface area contributed by atoms with Gasteiger partial charge in [0.1, 0.15) is 0 Å². The van der Waals surface area contributed by atoms with Crippen LogP contribution in [0.1, 0.15) is 71.1 Å². The molecule has 2 fully saturated rings. The largest absolute Gasteiger partial charge is 0.481 e. The van der Waals surface area contributed by atoms with Gasteiger partial charge in [-0.15, -0.1) is 0 Å². The normalized spacial score (nSPS) is 29.9. The molecule has 1 aliphatic heterocycles. The zero-order valence-corrected chi connectivity index (χ0v) is 16.5. The highest BCUT2D eigenvalue weighted by Gasteiger charge is 2.45. The first-order chi connectivity index (χ1) is 13.2. The highest BCUT2D eigenvalue weighted by molar-refractivity contribution is 5.66. The predicted molar refractivity (Wildman–Crippen MR) is 99.8 cm³/mol. The van der Waals surface area contributed by atoms with Gasteiger partial charge in [-0.3, -0.25) is 4.79 Å². The summed E-state index contributed by atoms with van der Waals surface area (Å²) in [4.78, 5) is 10.6. The number of fused-ring (bicyclic) bond motifs is 1. The van der Waals surface area contributed by atoms with Gasteiger partial charge in [-0.05, 0) is 50.4 Å². The Hall–Kier alpha value is -1.08. The summed E-state index contributed by atoms with van der Waals surface area (Å²) in [5.41, 5.74) is 0. The summed E-state index contributed by atoms with van der Waals surface area (Å²) < 4.78 is 45.7. The van der Waals surface area contributed by atoms with E-state index in [9.17, 15) is 23.1 Å². The summed E-state index contributed by atoms with van der Waals surface area (Å²) in [6, 6.07) is 0. The molecular formula is C21H33F3O4. The van der Waals surface area contributed by atoms with Gasteiger partial charge in [0.2, 0.25) is 0 Å². The van der Waals surface area contributed by atoms with E-state index in [-0.39, 0.29) is 36.9 Å². The number of unbranched alkanes of at least 4 members (excludes halogenated alkanes) is 2. The van der Waals surface area contributed by atoms with Gasteiger partial charge in [-0.25, -0.2) is 0 Å². The van der Waals surface area contributed by atoms with E-state index in [1.165, 1.54) is 6.08 Å². The van der Waals surface area contributed by atoms with Crippen LogP contribution in [0.15, 0.2) is 12.2 Å². The molecule has 2 N–H and O–H groups in total. The second kappa shape index (κ2) is 10.6. The Labute approximate surface area is 165 Å². The SMILES string of the molecule is CCCC[C@H]([C@H](O)C=C[C@H]1CC[C@@H]2O[C@@H](CCCCC(=O)O)C[C@@H]21)C(F)(F)F. The third-order valence-corrected chi connectivity index (χ3v) is 6.14. The number of halogens is 3. The highest BCUT2D eigenvalue weighted by atomic mass is 19.4. The molecule has 6 atom stereocenters. The van der Waals surface area contributed by atoms with Crippen LogP contribution in [-0.4, -0.2) is 40.7 Å². The van der Waals surface area contributed by atoms with Crippen molar-refractivity contribution in [3.05, 3.63) is 12.2 Å². The zero-order valence-electron chi connectivity index (χ0n) is 16.5. The fourth-order valence-corrected chi connectivity index (χ4v) is 4.58. The molecule has 0 aromatic rings. The van der Waals surface area contributed by atoms with E-state index >= 15 is 0 Å². The number of hydrogen-bond donors (Lipinski definition) is 2. The smallest absolute Gasteiger partial charge is 0.394 e. The van der Waals surface area contributed by atoms with Crippen LogP contribution >= 0.6 is 0 Å². The number of alkyl halides is 3. The quantitative estimate of drug-likeness (QED) is 0.370. The van der Waals surface area contributed by atoms with Crippen molar-refractivity contribution in [2.75, 3.05) is 0 Å². The first-order valence-corrected chi connectivity index (χ1v) is 10.5. The van der Waals surface area contributed by atoms with Crippen molar-refractivity contribution < 1.29 is 32.9 Å². The summed E-state index contributed by atoms with van der Waals surface area (Å²) in [7, 11) is 0. The Morgan fingerprint density at radius 1 is 1.25 bits per heavy atom. The van der Waals surface area contributed by atoms with Crippen LogP contribution in [0.3, 0.4) is 0 Å². The third-order valence-electron chi connectivity index (χ3n) is 6.14. The Morgan fingerprint density at radius 2 is 2.00 bits per heavy atom. The van der Waals surface area contributed by atoms with Gasteiger partial charge in [0.05, 0.1) is 24.2 Å². The van der Waals surface area contributed by atoms with Crippen molar-refractivity contribution in [1.29, 1.82) is 0 Å². The first-order valence-electron chi connectivity index (χ1n) is 10.5. The third kappa shape index (κ3) is 6.76. The number of carbonyl (C=O) groups is 1. The lowest BCUT2D eigenvalue weighted by atomic mass is 9.88. The van der Waals surface area contributed by atoms with Gasteiger partial charge >= 0.3 is 12.1 Å². The molecule has 0 spiro atoms. The Morgan fingerprint density at radius 3 is 2.64 bits per heavy atom. The van der Waals surface area contributed by atoms with E-state index in [1.54, 1.807) is 6.08 Å². The molecule has 7 heteroatoms. The predicted octanol–water partition coefficient (Wildman–Crippen LogP) is 5.10. The fraction of sp³-hybridized carbons (Fsp3) is 0.857.